The second-order valence-electron chi connectivity index (χ2n) is 4.60. The highest BCUT2D eigenvalue weighted by atomic mass is 79.9. The molecule has 1 heterocycles. The van der Waals surface area contributed by atoms with E-state index in [1.807, 2.05) is 0 Å². The zero-order valence-corrected chi connectivity index (χ0v) is 13.2. The van der Waals surface area contributed by atoms with Gasteiger partial charge in [0, 0.05) is 31.5 Å². The summed E-state index contributed by atoms with van der Waals surface area (Å²) in [6.45, 7) is 0. The van der Waals surface area contributed by atoms with Crippen LogP contribution in [0.5, 0.6) is 0 Å². The fraction of sp³-hybridized carbons (Fsp3) is 0.133. The molecular formula is C15H14BrN3O2. The number of nitrogens with zero attached hydrogens (tertiary/aromatic N) is 2. The van der Waals surface area contributed by atoms with Crippen LogP contribution < -0.4 is 5.32 Å². The summed E-state index contributed by atoms with van der Waals surface area (Å²) in [5, 5.41) is 2.75. The molecule has 0 fully saturated rings. The van der Waals surface area contributed by atoms with Crippen molar-refractivity contribution in [2.75, 3.05) is 19.4 Å². The van der Waals surface area contributed by atoms with E-state index >= 15 is 0 Å². The second kappa shape index (κ2) is 6.49. The van der Waals surface area contributed by atoms with Crippen LogP contribution >= 0.6 is 15.9 Å². The molecule has 1 N–H and O–H groups in total. The average molecular weight is 348 g/mol. The maximum atomic E-state index is 12.1. The van der Waals surface area contributed by atoms with E-state index in [9.17, 15) is 9.59 Å². The molecule has 21 heavy (non-hydrogen) atoms. The lowest BCUT2D eigenvalue weighted by Gasteiger charge is -2.11. The van der Waals surface area contributed by atoms with Crippen molar-refractivity contribution in [3.63, 3.8) is 0 Å². The van der Waals surface area contributed by atoms with Crippen LogP contribution in [-0.2, 0) is 0 Å². The van der Waals surface area contributed by atoms with E-state index in [1.54, 1.807) is 50.5 Å². The first-order valence-electron chi connectivity index (χ1n) is 6.22. The van der Waals surface area contributed by atoms with E-state index in [2.05, 4.69) is 26.2 Å². The number of benzene rings is 1. The Labute approximate surface area is 131 Å². The highest BCUT2D eigenvalue weighted by Crippen LogP contribution is 2.14. The number of carbonyl (C=O) groups is 2. The van der Waals surface area contributed by atoms with Crippen molar-refractivity contribution in [2.45, 2.75) is 0 Å². The zero-order chi connectivity index (χ0) is 15.4. The van der Waals surface area contributed by atoms with E-state index in [-0.39, 0.29) is 11.8 Å². The minimum Gasteiger partial charge on any atom is -0.345 e. The summed E-state index contributed by atoms with van der Waals surface area (Å²) in [7, 11) is 3.36. The Morgan fingerprint density at radius 2 is 1.90 bits per heavy atom. The molecule has 6 heteroatoms. The number of pyridine rings is 1. The van der Waals surface area contributed by atoms with E-state index < -0.39 is 0 Å². The van der Waals surface area contributed by atoms with Gasteiger partial charge in [-0.25, -0.2) is 4.98 Å². The van der Waals surface area contributed by atoms with Crippen molar-refractivity contribution in [2.24, 2.45) is 0 Å². The summed E-state index contributed by atoms with van der Waals surface area (Å²) in [5.41, 5.74) is 1.53. The number of halogens is 1. The molecule has 5 nitrogen and oxygen atoms in total. The standard InChI is InChI=1S/C15H14BrN3O2/c1-19(2)15(21)10-4-3-5-12(8-10)18-14(20)11-6-7-13(16)17-9-11/h3-9H,1-2H3,(H,18,20). The van der Waals surface area contributed by atoms with Gasteiger partial charge in [-0.1, -0.05) is 6.07 Å². The number of anilines is 1. The Morgan fingerprint density at radius 3 is 2.52 bits per heavy atom. The lowest BCUT2D eigenvalue weighted by atomic mass is 10.1. The zero-order valence-electron chi connectivity index (χ0n) is 11.6. The second-order valence-corrected chi connectivity index (χ2v) is 5.42. The summed E-state index contributed by atoms with van der Waals surface area (Å²) >= 11 is 3.22. The largest absolute Gasteiger partial charge is 0.345 e. The van der Waals surface area contributed by atoms with Gasteiger partial charge in [-0.15, -0.1) is 0 Å². The van der Waals surface area contributed by atoms with Gasteiger partial charge in [-0.2, -0.15) is 0 Å². The minimum absolute atomic E-state index is 0.114. The van der Waals surface area contributed by atoms with Crippen LogP contribution in [0.2, 0.25) is 0 Å². The fourth-order valence-electron chi connectivity index (χ4n) is 1.70. The molecule has 2 amide bonds. The molecule has 0 spiro atoms. The molecule has 0 aliphatic carbocycles. The van der Waals surface area contributed by atoms with Crippen LogP contribution in [0.4, 0.5) is 5.69 Å². The molecule has 2 aromatic rings. The third-order valence-electron chi connectivity index (χ3n) is 2.76. The quantitative estimate of drug-likeness (QED) is 0.868. The molecular weight excluding hydrogens is 334 g/mol. The van der Waals surface area contributed by atoms with Crippen molar-refractivity contribution in [1.82, 2.24) is 9.88 Å². The maximum absolute atomic E-state index is 12.1. The molecule has 108 valence electrons. The summed E-state index contributed by atoms with van der Waals surface area (Å²) < 4.78 is 0.664. The number of nitrogens with one attached hydrogen (secondary N) is 1. The van der Waals surface area contributed by atoms with Gasteiger partial charge < -0.3 is 10.2 Å². The molecule has 2 rings (SSSR count). The Morgan fingerprint density at radius 1 is 1.14 bits per heavy atom. The van der Waals surface area contributed by atoms with Gasteiger partial charge in [0.2, 0.25) is 0 Å². The van der Waals surface area contributed by atoms with Crippen molar-refractivity contribution >= 4 is 33.4 Å². The number of hydrogen-bond acceptors (Lipinski definition) is 3. The van der Waals surface area contributed by atoms with Crippen LogP contribution in [0.3, 0.4) is 0 Å². The predicted octanol–water partition coefficient (Wildman–Crippen LogP) is 2.80. The summed E-state index contributed by atoms with van der Waals surface area (Å²) in [4.78, 5) is 29.5. The van der Waals surface area contributed by atoms with E-state index in [0.29, 0.717) is 21.4 Å². The van der Waals surface area contributed by atoms with Crippen LogP contribution in [0, 0.1) is 0 Å². The topological polar surface area (TPSA) is 62.3 Å². The molecule has 0 unspecified atom stereocenters. The number of rotatable bonds is 3. The summed E-state index contributed by atoms with van der Waals surface area (Å²) in [5.74, 6) is -0.388. The maximum Gasteiger partial charge on any atom is 0.257 e. The van der Waals surface area contributed by atoms with Gasteiger partial charge in [0.05, 0.1) is 5.56 Å². The third-order valence-corrected chi connectivity index (χ3v) is 3.23. The molecule has 0 saturated heterocycles. The van der Waals surface area contributed by atoms with Crippen LogP contribution in [0.25, 0.3) is 0 Å². The Bertz CT molecular complexity index is 669. The lowest BCUT2D eigenvalue weighted by Crippen LogP contribution is -2.22. The van der Waals surface area contributed by atoms with Gasteiger partial charge in [-0.05, 0) is 46.3 Å². The van der Waals surface area contributed by atoms with Crippen molar-refractivity contribution in [3.8, 4) is 0 Å². The van der Waals surface area contributed by atoms with E-state index in [1.165, 1.54) is 11.1 Å². The lowest BCUT2D eigenvalue weighted by molar-refractivity contribution is 0.0827. The molecule has 0 radical (unpaired) electrons. The van der Waals surface area contributed by atoms with Crippen LogP contribution in [0.1, 0.15) is 20.7 Å². The monoisotopic (exact) mass is 347 g/mol. The molecule has 1 aromatic heterocycles. The van der Waals surface area contributed by atoms with E-state index in [0.717, 1.165) is 0 Å². The molecule has 0 bridgehead atoms. The first kappa shape index (κ1) is 15.2. The number of hydrogen-bond donors (Lipinski definition) is 1. The Balaban J connectivity index is 2.16. The number of carbonyl (C=O) groups excluding carboxylic acids is 2. The Hall–Kier alpha value is -2.21. The van der Waals surface area contributed by atoms with Gasteiger partial charge in [0.15, 0.2) is 0 Å². The first-order chi connectivity index (χ1) is 9.97. The smallest absolute Gasteiger partial charge is 0.257 e. The normalized spacial score (nSPS) is 10.0. The predicted molar refractivity (Wildman–Crippen MR) is 84.3 cm³/mol. The van der Waals surface area contributed by atoms with Gasteiger partial charge in [0.1, 0.15) is 4.60 Å². The van der Waals surface area contributed by atoms with Crippen molar-refractivity contribution in [1.29, 1.82) is 0 Å². The van der Waals surface area contributed by atoms with Gasteiger partial charge >= 0.3 is 0 Å². The fourth-order valence-corrected chi connectivity index (χ4v) is 1.94. The van der Waals surface area contributed by atoms with Crippen LogP contribution in [-0.4, -0.2) is 35.8 Å². The van der Waals surface area contributed by atoms with Gasteiger partial charge in [0.25, 0.3) is 11.8 Å². The molecule has 0 saturated carbocycles. The third kappa shape index (κ3) is 3.88. The number of aromatic nitrogens is 1. The van der Waals surface area contributed by atoms with Gasteiger partial charge in [-0.3, -0.25) is 9.59 Å². The SMILES string of the molecule is CN(C)C(=O)c1cccc(NC(=O)c2ccc(Br)nc2)c1. The molecule has 0 atom stereocenters. The molecule has 0 aliphatic heterocycles. The number of amides is 2. The molecule has 0 aliphatic rings. The average Bonchev–Trinajstić information content (AvgIpc) is 2.47. The van der Waals surface area contributed by atoms with Crippen molar-refractivity contribution < 1.29 is 9.59 Å². The summed E-state index contributed by atoms with van der Waals surface area (Å²) in [6.07, 6.45) is 1.48. The van der Waals surface area contributed by atoms with Crippen molar-refractivity contribution in [3.05, 3.63) is 58.3 Å². The highest BCUT2D eigenvalue weighted by Gasteiger charge is 2.10. The Kier molecular flexibility index (Phi) is 4.70. The molecule has 1 aromatic carbocycles. The highest BCUT2D eigenvalue weighted by molar-refractivity contribution is 9.10. The summed E-state index contributed by atoms with van der Waals surface area (Å²) in [6, 6.07) is 10.2. The minimum atomic E-state index is -0.274. The van der Waals surface area contributed by atoms with Crippen LogP contribution in [0.15, 0.2) is 47.2 Å². The first-order valence-corrected chi connectivity index (χ1v) is 7.01. The van der Waals surface area contributed by atoms with E-state index in [4.69, 9.17) is 0 Å².